The van der Waals surface area contributed by atoms with Crippen LogP contribution in [0.4, 0.5) is 10.1 Å². The van der Waals surface area contributed by atoms with E-state index < -0.39 is 5.54 Å². The predicted molar refractivity (Wildman–Crippen MR) is 131 cm³/mol. The fourth-order valence-corrected chi connectivity index (χ4v) is 5.12. The Morgan fingerprint density at radius 3 is 2.56 bits per heavy atom. The average Bonchev–Trinajstić information content (AvgIpc) is 3.21. The number of halogens is 1. The van der Waals surface area contributed by atoms with Crippen molar-refractivity contribution >= 4 is 17.5 Å². The molecule has 0 saturated carbocycles. The Morgan fingerprint density at radius 1 is 1.15 bits per heavy atom. The summed E-state index contributed by atoms with van der Waals surface area (Å²) in [6.07, 6.45) is 2.20. The molecule has 0 aliphatic carbocycles. The van der Waals surface area contributed by atoms with Crippen LogP contribution in [0.25, 0.3) is 0 Å². The van der Waals surface area contributed by atoms with Gasteiger partial charge in [0, 0.05) is 56.3 Å². The van der Waals surface area contributed by atoms with Crippen molar-refractivity contribution in [2.24, 2.45) is 0 Å². The summed E-state index contributed by atoms with van der Waals surface area (Å²) in [7, 11) is 1.50. The number of anilines is 1. The molecule has 0 bridgehead atoms. The molecule has 34 heavy (non-hydrogen) atoms. The molecule has 2 saturated heterocycles. The smallest absolute Gasteiger partial charge is 0.222 e. The van der Waals surface area contributed by atoms with Gasteiger partial charge >= 0.3 is 0 Å². The molecule has 0 radical (unpaired) electrons. The Bertz CT molecular complexity index is 1070. The van der Waals surface area contributed by atoms with Gasteiger partial charge in [-0.1, -0.05) is 18.2 Å². The van der Waals surface area contributed by atoms with Crippen molar-refractivity contribution < 1.29 is 18.7 Å². The number of nitrogens with one attached hydrogen (secondary N) is 1. The second kappa shape index (κ2) is 10.0. The molecule has 2 heterocycles. The van der Waals surface area contributed by atoms with Gasteiger partial charge in [-0.25, -0.2) is 4.39 Å². The standard InChI is InChI=1S/C27H34FN3O3/c1-19-5-4-6-24(20(19)2)30-13-15-31(16-14-30)26(33)10-12-27(11-9-25(32)29-27)18-21-7-8-22(34-3)17-23(21)28/h4-8,17H,9-16,18H2,1-3H3,(H,29,32)/t27-/m0/s1. The third-order valence-electron chi connectivity index (χ3n) is 7.39. The summed E-state index contributed by atoms with van der Waals surface area (Å²) in [6, 6.07) is 11.1. The fourth-order valence-electron chi connectivity index (χ4n) is 5.12. The number of benzene rings is 2. The van der Waals surface area contributed by atoms with Crippen LogP contribution in [0.5, 0.6) is 5.75 Å². The number of hydrogen-bond donors (Lipinski definition) is 1. The van der Waals surface area contributed by atoms with Gasteiger partial charge in [0.1, 0.15) is 11.6 Å². The molecule has 0 aromatic heterocycles. The van der Waals surface area contributed by atoms with E-state index in [1.165, 1.54) is 30.0 Å². The largest absolute Gasteiger partial charge is 0.497 e. The second-order valence-corrected chi connectivity index (χ2v) is 9.55. The Balaban J connectivity index is 1.36. The van der Waals surface area contributed by atoms with E-state index in [9.17, 15) is 14.0 Å². The van der Waals surface area contributed by atoms with Gasteiger partial charge < -0.3 is 19.9 Å². The zero-order valence-corrected chi connectivity index (χ0v) is 20.3. The minimum Gasteiger partial charge on any atom is -0.497 e. The molecule has 182 valence electrons. The van der Waals surface area contributed by atoms with Gasteiger partial charge in [0.15, 0.2) is 0 Å². The molecule has 0 unspecified atom stereocenters. The molecule has 1 atom stereocenters. The van der Waals surface area contributed by atoms with Crippen molar-refractivity contribution in [2.75, 3.05) is 38.2 Å². The van der Waals surface area contributed by atoms with E-state index in [1.807, 2.05) is 4.90 Å². The van der Waals surface area contributed by atoms with Crippen LogP contribution in [0.2, 0.25) is 0 Å². The van der Waals surface area contributed by atoms with E-state index in [2.05, 4.69) is 42.3 Å². The topological polar surface area (TPSA) is 61.9 Å². The van der Waals surface area contributed by atoms with Crippen LogP contribution in [0.1, 0.15) is 42.4 Å². The number of ether oxygens (including phenoxy) is 1. The van der Waals surface area contributed by atoms with Crippen molar-refractivity contribution in [3.8, 4) is 5.75 Å². The number of hydrogen-bond acceptors (Lipinski definition) is 4. The van der Waals surface area contributed by atoms with E-state index in [4.69, 9.17) is 4.74 Å². The molecule has 0 spiro atoms. The number of aryl methyl sites for hydroxylation is 1. The molecule has 6 nitrogen and oxygen atoms in total. The van der Waals surface area contributed by atoms with E-state index in [1.54, 1.807) is 12.1 Å². The first-order valence-corrected chi connectivity index (χ1v) is 12.0. The number of methoxy groups -OCH3 is 1. The minimum absolute atomic E-state index is 0.0384. The predicted octanol–water partition coefficient (Wildman–Crippen LogP) is 3.77. The summed E-state index contributed by atoms with van der Waals surface area (Å²) >= 11 is 0. The summed E-state index contributed by atoms with van der Waals surface area (Å²) < 4.78 is 19.7. The Morgan fingerprint density at radius 2 is 1.91 bits per heavy atom. The van der Waals surface area contributed by atoms with Crippen LogP contribution < -0.4 is 15.0 Å². The zero-order valence-electron chi connectivity index (χ0n) is 20.3. The minimum atomic E-state index is -0.595. The second-order valence-electron chi connectivity index (χ2n) is 9.55. The highest BCUT2D eigenvalue weighted by Crippen LogP contribution is 2.32. The van der Waals surface area contributed by atoms with Crippen molar-refractivity contribution in [1.29, 1.82) is 0 Å². The summed E-state index contributed by atoms with van der Waals surface area (Å²) in [4.78, 5) is 29.4. The molecule has 7 heteroatoms. The Kier molecular flexibility index (Phi) is 7.10. The van der Waals surface area contributed by atoms with Crippen molar-refractivity contribution in [2.45, 2.75) is 51.5 Å². The van der Waals surface area contributed by atoms with Gasteiger partial charge in [0.05, 0.1) is 7.11 Å². The lowest BCUT2D eigenvalue weighted by atomic mass is 9.84. The molecule has 2 aliphatic rings. The monoisotopic (exact) mass is 467 g/mol. The van der Waals surface area contributed by atoms with Crippen LogP contribution in [0.15, 0.2) is 36.4 Å². The lowest BCUT2D eigenvalue weighted by Crippen LogP contribution is -2.50. The lowest BCUT2D eigenvalue weighted by Gasteiger charge is -2.38. The summed E-state index contributed by atoms with van der Waals surface area (Å²) in [6.45, 7) is 7.22. The van der Waals surface area contributed by atoms with E-state index in [0.717, 1.165) is 13.1 Å². The lowest BCUT2D eigenvalue weighted by molar-refractivity contribution is -0.132. The third kappa shape index (κ3) is 5.18. The first-order valence-electron chi connectivity index (χ1n) is 12.0. The molecule has 2 aromatic carbocycles. The van der Waals surface area contributed by atoms with E-state index in [-0.39, 0.29) is 17.6 Å². The molecule has 2 amide bonds. The highest BCUT2D eigenvalue weighted by atomic mass is 19.1. The first kappa shape index (κ1) is 24.0. The van der Waals surface area contributed by atoms with Gasteiger partial charge in [-0.15, -0.1) is 0 Å². The van der Waals surface area contributed by atoms with E-state index >= 15 is 0 Å². The highest BCUT2D eigenvalue weighted by molar-refractivity contribution is 5.80. The number of piperazine rings is 1. The Labute approximate surface area is 201 Å². The third-order valence-corrected chi connectivity index (χ3v) is 7.39. The molecular weight excluding hydrogens is 433 g/mol. The SMILES string of the molecule is COc1ccc(C[C@@]2(CCC(=O)N3CCN(c4cccc(C)c4C)CC3)CCC(=O)N2)c(F)c1. The van der Waals surface area contributed by atoms with Crippen molar-refractivity contribution in [3.63, 3.8) is 0 Å². The normalized spacial score (nSPS) is 20.4. The molecule has 4 rings (SSSR count). The molecule has 1 N–H and O–H groups in total. The van der Waals surface area contributed by atoms with Crippen molar-refractivity contribution in [3.05, 3.63) is 58.9 Å². The van der Waals surface area contributed by atoms with Gasteiger partial charge in [-0.2, -0.15) is 0 Å². The van der Waals surface area contributed by atoms with Crippen LogP contribution >= 0.6 is 0 Å². The van der Waals surface area contributed by atoms with Crippen LogP contribution in [-0.2, 0) is 16.0 Å². The Hall–Kier alpha value is -3.09. The number of rotatable bonds is 7. The molecule has 2 aromatic rings. The highest BCUT2D eigenvalue weighted by Gasteiger charge is 2.39. The summed E-state index contributed by atoms with van der Waals surface area (Å²) in [5.74, 6) is 0.162. The quantitative estimate of drug-likeness (QED) is 0.674. The average molecular weight is 468 g/mol. The first-order chi connectivity index (χ1) is 16.3. The van der Waals surface area contributed by atoms with Crippen LogP contribution in [-0.4, -0.2) is 55.5 Å². The fraction of sp³-hybridized carbons (Fsp3) is 0.481. The zero-order chi connectivity index (χ0) is 24.3. The molecule has 2 fully saturated rings. The molecular formula is C27H34FN3O3. The van der Waals surface area contributed by atoms with Crippen molar-refractivity contribution in [1.82, 2.24) is 10.2 Å². The van der Waals surface area contributed by atoms with Crippen LogP contribution in [0.3, 0.4) is 0 Å². The maximum absolute atomic E-state index is 14.6. The van der Waals surface area contributed by atoms with Gasteiger partial charge in [0.25, 0.3) is 0 Å². The summed E-state index contributed by atoms with van der Waals surface area (Å²) in [5.41, 5.74) is 3.72. The van der Waals surface area contributed by atoms with Crippen LogP contribution in [0, 0.1) is 19.7 Å². The van der Waals surface area contributed by atoms with E-state index in [0.29, 0.717) is 56.5 Å². The maximum Gasteiger partial charge on any atom is 0.222 e. The number of carbonyl (C=O) groups is 2. The van der Waals surface area contributed by atoms with Gasteiger partial charge in [0.2, 0.25) is 11.8 Å². The number of amides is 2. The number of nitrogens with zero attached hydrogens (tertiary/aromatic N) is 2. The maximum atomic E-state index is 14.6. The summed E-state index contributed by atoms with van der Waals surface area (Å²) in [5, 5.41) is 3.05. The van der Waals surface area contributed by atoms with Gasteiger partial charge in [-0.05, 0) is 61.9 Å². The van der Waals surface area contributed by atoms with Gasteiger partial charge in [-0.3, -0.25) is 9.59 Å². The number of carbonyl (C=O) groups excluding carboxylic acids is 2. The molecule has 2 aliphatic heterocycles.